The van der Waals surface area contributed by atoms with Gasteiger partial charge in [0.1, 0.15) is 24.0 Å². The number of aryl methyl sites for hydroxylation is 1. The Morgan fingerprint density at radius 1 is 1.02 bits per heavy atom. The summed E-state index contributed by atoms with van der Waals surface area (Å²) in [6.45, 7) is 10.2. The van der Waals surface area contributed by atoms with E-state index in [4.69, 9.17) is 33.2 Å². The number of nitrogens with zero attached hydrogens (tertiary/aromatic N) is 3. The number of esters is 2. The quantitative estimate of drug-likeness (QED) is 0.227. The largest absolute Gasteiger partial charge is 0.504 e. The van der Waals surface area contributed by atoms with Crippen molar-refractivity contribution in [2.24, 2.45) is 0 Å². The molecule has 0 aliphatic carbocycles. The van der Waals surface area contributed by atoms with Crippen molar-refractivity contribution in [1.82, 2.24) is 15.1 Å². The first-order chi connectivity index (χ1) is 29.0. The maximum absolute atomic E-state index is 14.9. The molecule has 7 aliphatic heterocycles. The molecule has 0 radical (unpaired) electrons. The second-order valence-electron chi connectivity index (χ2n) is 17.3. The summed E-state index contributed by atoms with van der Waals surface area (Å²) in [4.78, 5) is 46.4. The highest BCUT2D eigenvalue weighted by Crippen LogP contribution is 2.65. The molecule has 1 spiro atoms. The molecule has 1 amide bonds. The van der Waals surface area contributed by atoms with Crippen molar-refractivity contribution in [3.8, 4) is 46.3 Å². The number of rotatable bonds is 3. The number of amides is 1. The van der Waals surface area contributed by atoms with Crippen molar-refractivity contribution < 1.29 is 57.8 Å². The van der Waals surface area contributed by atoms with Crippen LogP contribution in [0.15, 0.2) is 18.2 Å². The zero-order valence-electron chi connectivity index (χ0n) is 35.2. The Morgan fingerprint density at radius 2 is 1.77 bits per heavy atom. The zero-order chi connectivity index (χ0) is 43.4. The second kappa shape index (κ2) is 14.5. The molecular formula is C44H48N4O12S. The van der Waals surface area contributed by atoms with Crippen LogP contribution in [0.2, 0.25) is 0 Å². The van der Waals surface area contributed by atoms with Gasteiger partial charge in [0.15, 0.2) is 40.0 Å². The molecule has 2 fully saturated rings. The summed E-state index contributed by atoms with van der Waals surface area (Å²) in [5, 5.41) is 37.2. The third kappa shape index (κ3) is 6.04. The minimum atomic E-state index is -1.47. The fourth-order valence-corrected chi connectivity index (χ4v) is 12.2. The second-order valence-corrected chi connectivity index (χ2v) is 18.4. The van der Waals surface area contributed by atoms with Crippen LogP contribution in [0.25, 0.3) is 0 Å². The standard InChI is InChI=1S/C44H48N4O12S/c1-19-11-23-12-25-26(15-45)47-27-16-56-41(52)44(24-14-29(54-7)28(50)13-22(24)9-10-46-44)17-61-40(32-31(27)39-38(57-18-58-39)20(2)37(32)59-21(3)49)34(47)33(30(23)35(51)36(19)55-8)48(25)42(53)60-43(4,5)6/h11,13-14,25-27,33-34,40,46,50-51H,9-10,12,16-18H2,1-8H3/t25?,26-,27-,33?,34?,40+,44+/m0/s1. The summed E-state index contributed by atoms with van der Waals surface area (Å²) in [5.74, 6) is 0.0120. The van der Waals surface area contributed by atoms with Crippen LogP contribution in [-0.2, 0) is 37.4 Å². The highest BCUT2D eigenvalue weighted by atomic mass is 32.2. The number of methoxy groups -OCH3 is 2. The van der Waals surface area contributed by atoms with Gasteiger partial charge >= 0.3 is 18.0 Å². The van der Waals surface area contributed by atoms with Crippen molar-refractivity contribution >= 4 is 29.8 Å². The molecule has 10 rings (SSSR count). The van der Waals surface area contributed by atoms with E-state index in [0.717, 1.165) is 11.1 Å². The molecule has 3 aromatic rings. The molecule has 7 atom stereocenters. The topological polar surface area (TPSA) is 199 Å². The number of nitriles is 1. The molecule has 7 aliphatic rings. The maximum Gasteiger partial charge on any atom is 0.411 e. The van der Waals surface area contributed by atoms with Gasteiger partial charge in [0.05, 0.1) is 49.7 Å². The summed E-state index contributed by atoms with van der Waals surface area (Å²) in [7, 11) is 2.90. The number of phenols is 2. The molecule has 4 bridgehead atoms. The molecular weight excluding hydrogens is 809 g/mol. The van der Waals surface area contributed by atoms with Crippen molar-refractivity contribution in [2.75, 3.05) is 39.9 Å². The summed E-state index contributed by atoms with van der Waals surface area (Å²) in [6.07, 6.45) is 0.0160. The number of thioether (sulfide) groups is 1. The Morgan fingerprint density at radius 3 is 2.46 bits per heavy atom. The van der Waals surface area contributed by atoms with Gasteiger partial charge in [0.2, 0.25) is 6.79 Å². The van der Waals surface area contributed by atoms with E-state index in [9.17, 15) is 29.9 Å². The fraction of sp³-hybridized carbons (Fsp3) is 0.500. The minimum absolute atomic E-state index is 0.0226. The van der Waals surface area contributed by atoms with Gasteiger partial charge in [-0.25, -0.2) is 9.59 Å². The van der Waals surface area contributed by atoms with Crippen molar-refractivity contribution in [3.63, 3.8) is 0 Å². The van der Waals surface area contributed by atoms with Gasteiger partial charge in [-0.2, -0.15) is 5.26 Å². The van der Waals surface area contributed by atoms with E-state index in [0.29, 0.717) is 57.8 Å². The first kappa shape index (κ1) is 40.8. The molecule has 3 aromatic carbocycles. The lowest BCUT2D eigenvalue weighted by Gasteiger charge is -2.62. The van der Waals surface area contributed by atoms with Gasteiger partial charge in [-0.1, -0.05) is 6.07 Å². The highest BCUT2D eigenvalue weighted by molar-refractivity contribution is 7.99. The number of hydrogen-bond donors (Lipinski definition) is 3. The number of hydrogen-bond acceptors (Lipinski definition) is 16. The van der Waals surface area contributed by atoms with Gasteiger partial charge < -0.3 is 43.4 Å². The van der Waals surface area contributed by atoms with E-state index in [1.807, 2.05) is 17.9 Å². The molecule has 61 heavy (non-hydrogen) atoms. The van der Waals surface area contributed by atoms with Gasteiger partial charge in [0, 0.05) is 41.5 Å². The predicted molar refractivity (Wildman–Crippen MR) is 218 cm³/mol. The number of phenolic OH excluding ortho intramolecular Hbond substituents is 2. The van der Waals surface area contributed by atoms with Crippen molar-refractivity contribution in [1.29, 1.82) is 5.26 Å². The number of nitrogens with one attached hydrogen (secondary N) is 1. The number of fused-ring (bicyclic) bond motifs is 9. The monoisotopic (exact) mass is 856 g/mol. The van der Waals surface area contributed by atoms with Gasteiger partial charge in [0.25, 0.3) is 0 Å². The van der Waals surface area contributed by atoms with Crippen LogP contribution in [0, 0.1) is 25.2 Å². The Kier molecular flexibility index (Phi) is 9.72. The van der Waals surface area contributed by atoms with Gasteiger partial charge in [-0.05, 0) is 81.8 Å². The summed E-state index contributed by atoms with van der Waals surface area (Å²) in [5.41, 5.74) is 2.33. The van der Waals surface area contributed by atoms with Crippen molar-refractivity contribution in [3.05, 3.63) is 62.7 Å². The van der Waals surface area contributed by atoms with E-state index in [-0.39, 0.29) is 54.3 Å². The molecule has 17 heteroatoms. The normalized spacial score (nSPS) is 27.1. The molecule has 322 valence electrons. The van der Waals surface area contributed by atoms with E-state index in [1.54, 1.807) is 44.7 Å². The summed E-state index contributed by atoms with van der Waals surface area (Å²) in [6, 6.07) is 3.14. The summed E-state index contributed by atoms with van der Waals surface area (Å²) >= 11 is 1.35. The van der Waals surface area contributed by atoms with Crippen LogP contribution in [-0.4, -0.2) is 102 Å². The van der Waals surface area contributed by atoms with Crippen LogP contribution in [0.1, 0.15) is 89.5 Å². The number of carbonyl (C=O) groups is 3. The predicted octanol–water partition coefficient (Wildman–Crippen LogP) is 5.29. The molecule has 0 saturated carbocycles. The lowest BCUT2D eigenvalue weighted by molar-refractivity contribution is -0.157. The fourth-order valence-electron chi connectivity index (χ4n) is 10.5. The van der Waals surface area contributed by atoms with Crippen LogP contribution in [0.5, 0.6) is 40.2 Å². The molecule has 16 nitrogen and oxygen atoms in total. The zero-order valence-corrected chi connectivity index (χ0v) is 36.0. The lowest BCUT2D eigenvalue weighted by atomic mass is 9.71. The smallest absolute Gasteiger partial charge is 0.411 e. The van der Waals surface area contributed by atoms with Gasteiger partial charge in [-0.15, -0.1) is 11.8 Å². The molecule has 3 unspecified atom stereocenters. The van der Waals surface area contributed by atoms with E-state index in [2.05, 4.69) is 11.4 Å². The van der Waals surface area contributed by atoms with E-state index in [1.165, 1.54) is 32.9 Å². The number of benzene rings is 3. The molecule has 2 saturated heterocycles. The van der Waals surface area contributed by atoms with Gasteiger partial charge in [-0.3, -0.25) is 19.9 Å². The first-order valence-corrected chi connectivity index (χ1v) is 21.3. The SMILES string of the molecule is COc1cc2c(cc1O)CCN[C@]21CS[C@@H]2c3c(OC(C)=O)c(C)c4c(c3[C@H](COC1=O)N1C2C2c3c(cc(C)c(OC)c3O)CC([C@@H]1C#N)N2C(=O)OC(C)(C)C)OCO4. The number of aromatic hydroxyl groups is 2. The number of carbonyl (C=O) groups excluding carboxylic acids is 3. The Labute approximate surface area is 356 Å². The van der Waals surface area contributed by atoms with Crippen molar-refractivity contribution in [2.45, 2.75) is 101 Å². The van der Waals surface area contributed by atoms with Crippen LogP contribution in [0.4, 0.5) is 4.79 Å². The van der Waals surface area contributed by atoms with Crippen LogP contribution >= 0.6 is 11.8 Å². The first-order valence-electron chi connectivity index (χ1n) is 20.2. The van der Waals surface area contributed by atoms with E-state index < -0.39 is 64.6 Å². The number of piperazine rings is 1. The lowest BCUT2D eigenvalue weighted by Crippen LogP contribution is -2.71. The minimum Gasteiger partial charge on any atom is -0.504 e. The molecule has 7 heterocycles. The average Bonchev–Trinajstić information content (AvgIpc) is 3.69. The van der Waals surface area contributed by atoms with E-state index >= 15 is 0 Å². The summed E-state index contributed by atoms with van der Waals surface area (Å²) < 4.78 is 42.3. The Hall–Kier alpha value is -5.57. The number of ether oxygens (including phenoxy) is 7. The third-order valence-corrected chi connectivity index (χ3v) is 14.2. The van der Waals surface area contributed by atoms with Crippen LogP contribution in [0.3, 0.4) is 0 Å². The average molecular weight is 857 g/mol. The third-order valence-electron chi connectivity index (χ3n) is 12.7. The Bertz CT molecular complexity index is 2450. The highest BCUT2D eigenvalue weighted by Gasteiger charge is 2.64. The molecule has 0 aromatic heterocycles. The molecule has 3 N–H and O–H groups in total. The van der Waals surface area contributed by atoms with Crippen LogP contribution < -0.4 is 29.0 Å². The maximum atomic E-state index is 14.9. The Balaban J connectivity index is 1.36.